The van der Waals surface area contributed by atoms with Gasteiger partial charge in [-0.1, -0.05) is 0 Å². The minimum absolute atomic E-state index is 0.132. The number of hydrogen-bond acceptors (Lipinski definition) is 3. The lowest BCUT2D eigenvalue weighted by Crippen LogP contribution is -2.35. The molecule has 0 aliphatic heterocycles. The molecule has 0 radical (unpaired) electrons. The zero-order valence-electron chi connectivity index (χ0n) is 10.9. The normalized spacial score (nSPS) is 13.7. The van der Waals surface area contributed by atoms with E-state index in [0.717, 1.165) is 11.4 Å². The van der Waals surface area contributed by atoms with Gasteiger partial charge in [-0.15, -0.1) is 0 Å². The van der Waals surface area contributed by atoms with Crippen molar-refractivity contribution < 1.29 is 17.9 Å². The summed E-state index contributed by atoms with van der Waals surface area (Å²) >= 11 is 0. The number of alkyl halides is 3. The van der Waals surface area contributed by atoms with Crippen LogP contribution in [0.5, 0.6) is 5.75 Å². The Hall–Kier alpha value is -1.24. The topological polar surface area (TPSA) is 39.1 Å². The molecule has 0 aromatic carbocycles. The summed E-state index contributed by atoms with van der Waals surface area (Å²) in [6.45, 7) is 4.50. The first-order valence-corrected chi connectivity index (χ1v) is 5.65. The van der Waals surface area contributed by atoms with Crippen molar-refractivity contribution in [3.63, 3.8) is 0 Å². The van der Waals surface area contributed by atoms with Gasteiger partial charge in [0.25, 0.3) is 0 Å². The molecule has 0 aliphatic carbocycles. The summed E-state index contributed by atoms with van der Waals surface area (Å²) in [6.07, 6.45) is -4.55. The van der Waals surface area contributed by atoms with Gasteiger partial charge in [-0.25, -0.2) is 0 Å². The smallest absolute Gasteiger partial charge is 0.401 e. The summed E-state index contributed by atoms with van der Waals surface area (Å²) in [5.74, 6) is 0.638. The van der Waals surface area contributed by atoms with Gasteiger partial charge in [0.1, 0.15) is 11.8 Å². The first-order chi connectivity index (χ1) is 8.20. The van der Waals surface area contributed by atoms with Crippen LogP contribution in [0.3, 0.4) is 0 Å². The highest BCUT2D eigenvalue weighted by Gasteiger charge is 2.26. The summed E-state index contributed by atoms with van der Waals surface area (Å²) in [6, 6.07) is 0. The molecule has 1 aromatic heterocycles. The van der Waals surface area contributed by atoms with Crippen LogP contribution >= 0.6 is 0 Å². The molecule has 0 saturated heterocycles. The Kier molecular flexibility index (Phi) is 4.61. The number of nitrogens with one attached hydrogen (secondary N) is 1. The van der Waals surface area contributed by atoms with Gasteiger partial charge in [-0.3, -0.25) is 4.68 Å². The highest BCUT2D eigenvalue weighted by molar-refractivity contribution is 5.31. The van der Waals surface area contributed by atoms with Gasteiger partial charge in [-0.05, 0) is 20.8 Å². The van der Waals surface area contributed by atoms with Crippen LogP contribution in [0.4, 0.5) is 13.2 Å². The Bertz CT molecular complexity index is 401. The molecule has 0 spiro atoms. The minimum Gasteiger partial charge on any atom is -0.486 e. The summed E-state index contributed by atoms with van der Waals surface area (Å²) in [7, 11) is 1.79. The van der Waals surface area contributed by atoms with E-state index in [9.17, 15) is 13.2 Å². The van der Waals surface area contributed by atoms with Crippen molar-refractivity contribution in [1.82, 2.24) is 15.1 Å². The maximum atomic E-state index is 11.9. The predicted octanol–water partition coefficient (Wildman–Crippen LogP) is 1.96. The molecular weight excluding hydrogens is 247 g/mol. The molecule has 0 bridgehead atoms. The number of aromatic nitrogens is 2. The van der Waals surface area contributed by atoms with Gasteiger partial charge in [-0.2, -0.15) is 18.3 Å². The van der Waals surface area contributed by atoms with Gasteiger partial charge in [0.2, 0.25) is 0 Å². The SMILES string of the molecule is Cc1nn(C)c(C)c1OC(C)CNCC(F)(F)F. The van der Waals surface area contributed by atoms with Gasteiger partial charge in [0.05, 0.1) is 12.2 Å². The highest BCUT2D eigenvalue weighted by atomic mass is 19.4. The fraction of sp³-hybridized carbons (Fsp3) is 0.727. The fourth-order valence-electron chi connectivity index (χ4n) is 1.58. The molecule has 4 nitrogen and oxygen atoms in total. The summed E-state index contributed by atoms with van der Waals surface area (Å²) < 4.78 is 43.1. The average Bonchev–Trinajstić information content (AvgIpc) is 2.43. The molecule has 0 saturated carbocycles. The van der Waals surface area contributed by atoms with Crippen LogP contribution in [0.25, 0.3) is 0 Å². The fourth-order valence-corrected chi connectivity index (χ4v) is 1.58. The molecule has 7 heteroatoms. The Morgan fingerprint density at radius 3 is 2.44 bits per heavy atom. The molecule has 1 N–H and O–H groups in total. The van der Waals surface area contributed by atoms with Crippen LogP contribution in [0.2, 0.25) is 0 Å². The molecule has 0 aliphatic rings. The van der Waals surface area contributed by atoms with Crippen molar-refractivity contribution in [2.75, 3.05) is 13.1 Å². The van der Waals surface area contributed by atoms with Gasteiger partial charge in [0, 0.05) is 13.6 Å². The molecule has 0 fully saturated rings. The molecule has 18 heavy (non-hydrogen) atoms. The first-order valence-electron chi connectivity index (χ1n) is 5.65. The monoisotopic (exact) mass is 265 g/mol. The second-order valence-electron chi connectivity index (χ2n) is 4.30. The van der Waals surface area contributed by atoms with E-state index in [-0.39, 0.29) is 12.6 Å². The predicted molar refractivity (Wildman–Crippen MR) is 61.7 cm³/mol. The van der Waals surface area contributed by atoms with Crippen LogP contribution < -0.4 is 10.1 Å². The van der Waals surface area contributed by atoms with Crippen LogP contribution in [0.1, 0.15) is 18.3 Å². The average molecular weight is 265 g/mol. The van der Waals surface area contributed by atoms with Gasteiger partial charge in [0.15, 0.2) is 5.75 Å². The quantitative estimate of drug-likeness (QED) is 0.884. The van der Waals surface area contributed by atoms with Gasteiger partial charge >= 0.3 is 6.18 Å². The van der Waals surface area contributed by atoms with Crippen molar-refractivity contribution in [3.05, 3.63) is 11.4 Å². The van der Waals surface area contributed by atoms with Crippen LogP contribution in [0.15, 0.2) is 0 Å². The number of ether oxygens (including phenoxy) is 1. The first kappa shape index (κ1) is 14.8. The standard InChI is InChI=1S/C11H18F3N3O/c1-7(5-15-6-11(12,13)14)18-10-8(2)16-17(4)9(10)3/h7,15H,5-6H2,1-4H3. The Labute approximate surface area is 104 Å². The third kappa shape index (κ3) is 4.21. The number of halogens is 3. The van der Waals surface area contributed by atoms with Crippen molar-refractivity contribution in [3.8, 4) is 5.75 Å². The second kappa shape index (κ2) is 5.60. The van der Waals surface area contributed by atoms with E-state index < -0.39 is 12.7 Å². The Balaban J connectivity index is 2.47. The Morgan fingerprint density at radius 2 is 2.00 bits per heavy atom. The molecule has 104 valence electrons. The third-order valence-corrected chi connectivity index (χ3v) is 2.52. The third-order valence-electron chi connectivity index (χ3n) is 2.52. The molecule has 1 atom stereocenters. The molecule has 1 unspecified atom stereocenters. The molecule has 0 amide bonds. The largest absolute Gasteiger partial charge is 0.486 e. The number of aryl methyl sites for hydroxylation is 2. The van der Waals surface area contributed by atoms with E-state index in [2.05, 4.69) is 10.4 Å². The van der Waals surface area contributed by atoms with Crippen LogP contribution in [0, 0.1) is 13.8 Å². The minimum atomic E-state index is -4.19. The van der Waals surface area contributed by atoms with Crippen molar-refractivity contribution in [2.45, 2.75) is 33.1 Å². The van der Waals surface area contributed by atoms with E-state index in [0.29, 0.717) is 5.75 Å². The number of nitrogens with zero attached hydrogens (tertiary/aromatic N) is 2. The van der Waals surface area contributed by atoms with Crippen LogP contribution in [-0.2, 0) is 7.05 Å². The van der Waals surface area contributed by atoms with Crippen molar-refractivity contribution >= 4 is 0 Å². The highest BCUT2D eigenvalue weighted by Crippen LogP contribution is 2.22. The maximum absolute atomic E-state index is 11.9. The molecule has 1 heterocycles. The zero-order chi connectivity index (χ0) is 13.9. The zero-order valence-corrected chi connectivity index (χ0v) is 10.9. The van der Waals surface area contributed by atoms with E-state index >= 15 is 0 Å². The van der Waals surface area contributed by atoms with Crippen LogP contribution in [-0.4, -0.2) is 35.2 Å². The van der Waals surface area contributed by atoms with E-state index in [1.54, 1.807) is 25.6 Å². The van der Waals surface area contributed by atoms with E-state index in [1.165, 1.54) is 0 Å². The summed E-state index contributed by atoms with van der Waals surface area (Å²) in [4.78, 5) is 0. The van der Waals surface area contributed by atoms with E-state index in [1.807, 2.05) is 6.92 Å². The number of hydrogen-bond donors (Lipinski definition) is 1. The van der Waals surface area contributed by atoms with Gasteiger partial charge < -0.3 is 10.1 Å². The lowest BCUT2D eigenvalue weighted by Gasteiger charge is -2.16. The lowest BCUT2D eigenvalue weighted by atomic mass is 10.3. The molecule has 1 rings (SSSR count). The Morgan fingerprint density at radius 1 is 1.39 bits per heavy atom. The van der Waals surface area contributed by atoms with Crippen molar-refractivity contribution in [2.24, 2.45) is 7.05 Å². The molecule has 1 aromatic rings. The number of rotatable bonds is 5. The molecular formula is C11H18F3N3O. The lowest BCUT2D eigenvalue weighted by molar-refractivity contribution is -0.125. The van der Waals surface area contributed by atoms with E-state index in [4.69, 9.17) is 4.74 Å². The second-order valence-corrected chi connectivity index (χ2v) is 4.30. The summed E-state index contributed by atoms with van der Waals surface area (Å²) in [5, 5.41) is 6.49. The maximum Gasteiger partial charge on any atom is 0.401 e. The summed E-state index contributed by atoms with van der Waals surface area (Å²) in [5.41, 5.74) is 1.59. The van der Waals surface area contributed by atoms with Crippen molar-refractivity contribution in [1.29, 1.82) is 0 Å².